The third kappa shape index (κ3) is 4.41. The van der Waals surface area contributed by atoms with Crippen molar-refractivity contribution < 1.29 is 14.5 Å². The molecule has 140 valence electrons. The molecule has 2 aromatic rings. The number of hydrogen-bond donors (Lipinski definition) is 2. The number of non-ortho nitro benzene ring substituents is 1. The van der Waals surface area contributed by atoms with Crippen LogP contribution in [0.3, 0.4) is 0 Å². The van der Waals surface area contributed by atoms with Crippen molar-refractivity contribution in [2.45, 2.75) is 25.8 Å². The lowest BCUT2D eigenvalue weighted by molar-refractivity contribution is -0.384. The summed E-state index contributed by atoms with van der Waals surface area (Å²) in [6.45, 7) is 2.42. The minimum Gasteiger partial charge on any atom is -0.374 e. The number of hydrogen-bond acceptors (Lipinski definition) is 5. The molecule has 2 aromatic carbocycles. The average Bonchev–Trinajstić information content (AvgIpc) is 3.08. The van der Waals surface area contributed by atoms with Crippen molar-refractivity contribution in [3.8, 4) is 0 Å². The van der Waals surface area contributed by atoms with Crippen molar-refractivity contribution in [3.63, 3.8) is 0 Å². The van der Waals surface area contributed by atoms with Gasteiger partial charge in [0, 0.05) is 42.2 Å². The number of carbonyl (C=O) groups excluding carboxylic acids is 2. The van der Waals surface area contributed by atoms with Crippen molar-refractivity contribution >= 4 is 34.6 Å². The number of benzene rings is 2. The molecule has 2 amide bonds. The maximum absolute atomic E-state index is 12.4. The number of rotatable bonds is 6. The van der Waals surface area contributed by atoms with Gasteiger partial charge in [0.2, 0.25) is 11.8 Å². The Bertz CT molecular complexity index is 866. The maximum Gasteiger partial charge on any atom is 0.269 e. The van der Waals surface area contributed by atoms with Crippen LogP contribution in [-0.2, 0) is 9.59 Å². The van der Waals surface area contributed by atoms with E-state index in [-0.39, 0.29) is 17.5 Å². The van der Waals surface area contributed by atoms with Gasteiger partial charge in [-0.15, -0.1) is 0 Å². The van der Waals surface area contributed by atoms with Gasteiger partial charge in [-0.1, -0.05) is 6.07 Å². The van der Waals surface area contributed by atoms with Crippen LogP contribution in [0.15, 0.2) is 48.5 Å². The molecule has 1 aliphatic rings. The molecular formula is C19H20N4O4. The van der Waals surface area contributed by atoms with Crippen molar-refractivity contribution in [2.75, 3.05) is 22.1 Å². The van der Waals surface area contributed by atoms with E-state index in [2.05, 4.69) is 10.6 Å². The summed E-state index contributed by atoms with van der Waals surface area (Å²) in [5, 5.41) is 16.5. The predicted octanol–water partition coefficient (Wildman–Crippen LogP) is 3.16. The Morgan fingerprint density at radius 2 is 1.93 bits per heavy atom. The summed E-state index contributed by atoms with van der Waals surface area (Å²) in [5.41, 5.74) is 1.99. The highest BCUT2D eigenvalue weighted by molar-refractivity contribution is 5.97. The fourth-order valence-corrected chi connectivity index (χ4v) is 2.92. The molecule has 2 N–H and O–H groups in total. The number of nitrogens with one attached hydrogen (secondary N) is 2. The van der Waals surface area contributed by atoms with Crippen LogP contribution in [0, 0.1) is 10.1 Å². The first-order valence-corrected chi connectivity index (χ1v) is 8.66. The molecule has 1 saturated heterocycles. The van der Waals surface area contributed by atoms with Gasteiger partial charge >= 0.3 is 0 Å². The summed E-state index contributed by atoms with van der Waals surface area (Å²) in [7, 11) is 0. The monoisotopic (exact) mass is 368 g/mol. The molecule has 0 aliphatic carbocycles. The summed E-state index contributed by atoms with van der Waals surface area (Å²) in [4.78, 5) is 36.2. The second-order valence-corrected chi connectivity index (χ2v) is 6.36. The summed E-state index contributed by atoms with van der Waals surface area (Å²) >= 11 is 0. The summed E-state index contributed by atoms with van der Waals surface area (Å²) < 4.78 is 0. The van der Waals surface area contributed by atoms with Crippen LogP contribution in [0.1, 0.15) is 19.8 Å². The van der Waals surface area contributed by atoms with E-state index in [1.54, 1.807) is 11.8 Å². The topological polar surface area (TPSA) is 105 Å². The van der Waals surface area contributed by atoms with Crippen LogP contribution in [0.2, 0.25) is 0 Å². The van der Waals surface area contributed by atoms with Gasteiger partial charge in [0.15, 0.2) is 0 Å². The molecule has 0 unspecified atom stereocenters. The highest BCUT2D eigenvalue weighted by Crippen LogP contribution is 2.24. The van der Waals surface area contributed by atoms with E-state index in [0.717, 1.165) is 17.8 Å². The van der Waals surface area contributed by atoms with Crippen LogP contribution in [-0.4, -0.2) is 29.3 Å². The fraction of sp³-hybridized carbons (Fsp3) is 0.263. The number of amides is 2. The molecule has 1 aliphatic heterocycles. The van der Waals surface area contributed by atoms with Gasteiger partial charge in [-0.2, -0.15) is 0 Å². The highest BCUT2D eigenvalue weighted by Gasteiger charge is 2.22. The Hall–Kier alpha value is -3.42. The third-order valence-electron chi connectivity index (χ3n) is 4.35. The zero-order valence-corrected chi connectivity index (χ0v) is 14.8. The Labute approximate surface area is 156 Å². The lowest BCUT2D eigenvalue weighted by Crippen LogP contribution is -2.32. The van der Waals surface area contributed by atoms with Crippen molar-refractivity contribution in [3.05, 3.63) is 58.6 Å². The van der Waals surface area contributed by atoms with Gasteiger partial charge in [0.1, 0.15) is 6.04 Å². The molecule has 8 nitrogen and oxygen atoms in total. The molecule has 1 fully saturated rings. The first-order chi connectivity index (χ1) is 12.9. The smallest absolute Gasteiger partial charge is 0.269 e. The molecule has 1 heterocycles. The van der Waals surface area contributed by atoms with E-state index in [9.17, 15) is 19.7 Å². The molecule has 8 heteroatoms. The standard InChI is InChI=1S/C19H20N4O4/c1-13(19(25)21-14-7-9-16(10-8-14)23(26)27)20-15-4-2-5-17(12-15)22-11-3-6-18(22)24/h2,4-5,7-10,12-13,20H,3,6,11H2,1H3,(H,21,25)/t13-/m0/s1. The number of anilines is 3. The van der Waals surface area contributed by atoms with Gasteiger partial charge in [0.05, 0.1) is 4.92 Å². The molecule has 0 bridgehead atoms. The van der Waals surface area contributed by atoms with Gasteiger partial charge in [-0.3, -0.25) is 19.7 Å². The quantitative estimate of drug-likeness (QED) is 0.602. The van der Waals surface area contributed by atoms with Gasteiger partial charge in [0.25, 0.3) is 5.69 Å². The molecule has 0 spiro atoms. The van der Waals surface area contributed by atoms with Crippen LogP contribution in [0.4, 0.5) is 22.7 Å². The molecule has 27 heavy (non-hydrogen) atoms. The van der Waals surface area contributed by atoms with Crippen molar-refractivity contribution in [2.24, 2.45) is 0 Å². The summed E-state index contributed by atoms with van der Waals surface area (Å²) in [5.74, 6) is -0.164. The van der Waals surface area contributed by atoms with E-state index in [0.29, 0.717) is 18.7 Å². The lowest BCUT2D eigenvalue weighted by Gasteiger charge is -2.19. The molecule has 1 atom stereocenters. The zero-order chi connectivity index (χ0) is 19.4. The third-order valence-corrected chi connectivity index (χ3v) is 4.35. The molecule has 3 rings (SSSR count). The Morgan fingerprint density at radius 3 is 2.56 bits per heavy atom. The van der Waals surface area contributed by atoms with Crippen molar-refractivity contribution in [1.29, 1.82) is 0 Å². The predicted molar refractivity (Wildman–Crippen MR) is 103 cm³/mol. The van der Waals surface area contributed by atoms with Crippen LogP contribution < -0.4 is 15.5 Å². The van der Waals surface area contributed by atoms with Gasteiger partial charge in [-0.25, -0.2) is 0 Å². The first-order valence-electron chi connectivity index (χ1n) is 8.66. The second-order valence-electron chi connectivity index (χ2n) is 6.36. The second kappa shape index (κ2) is 7.86. The molecule has 0 saturated carbocycles. The maximum atomic E-state index is 12.4. The van der Waals surface area contributed by atoms with E-state index < -0.39 is 11.0 Å². The van der Waals surface area contributed by atoms with E-state index in [4.69, 9.17) is 0 Å². The molecular weight excluding hydrogens is 348 g/mol. The first kappa shape index (κ1) is 18.4. The van der Waals surface area contributed by atoms with Crippen molar-refractivity contribution in [1.82, 2.24) is 0 Å². The van der Waals surface area contributed by atoms with E-state index >= 15 is 0 Å². The number of nitro benzene ring substituents is 1. The fourth-order valence-electron chi connectivity index (χ4n) is 2.92. The highest BCUT2D eigenvalue weighted by atomic mass is 16.6. The normalized spacial score (nSPS) is 14.7. The minimum atomic E-state index is -0.537. The van der Waals surface area contributed by atoms with Crippen LogP contribution in [0.5, 0.6) is 0 Å². The number of carbonyl (C=O) groups is 2. The SMILES string of the molecule is C[C@H](Nc1cccc(N2CCCC2=O)c1)C(=O)Nc1ccc([N+](=O)[O-])cc1. The molecule has 0 aromatic heterocycles. The lowest BCUT2D eigenvalue weighted by atomic mass is 10.2. The average molecular weight is 368 g/mol. The van der Waals surface area contributed by atoms with Gasteiger partial charge < -0.3 is 15.5 Å². The largest absolute Gasteiger partial charge is 0.374 e. The molecule has 0 radical (unpaired) electrons. The summed E-state index contributed by atoms with van der Waals surface area (Å²) in [6, 6.07) is 12.5. The minimum absolute atomic E-state index is 0.0348. The van der Waals surface area contributed by atoms with E-state index in [1.165, 1.54) is 24.3 Å². The van der Waals surface area contributed by atoms with E-state index in [1.807, 2.05) is 24.3 Å². The van der Waals surface area contributed by atoms with Crippen LogP contribution in [0.25, 0.3) is 0 Å². The summed E-state index contributed by atoms with van der Waals surface area (Å²) in [6.07, 6.45) is 1.41. The Kier molecular flexibility index (Phi) is 5.35. The number of nitrogens with zero attached hydrogens (tertiary/aromatic N) is 2. The number of nitro groups is 1. The van der Waals surface area contributed by atoms with Crippen LogP contribution >= 0.6 is 0 Å². The zero-order valence-electron chi connectivity index (χ0n) is 14.8. The van der Waals surface area contributed by atoms with Gasteiger partial charge in [-0.05, 0) is 43.7 Å². The Morgan fingerprint density at radius 1 is 1.19 bits per heavy atom. The Balaban J connectivity index is 1.62.